The average Bonchev–Trinajstić information content (AvgIpc) is 3.63. The van der Waals surface area contributed by atoms with Gasteiger partial charge in [-0.05, 0) is 68.3 Å². The Balaban J connectivity index is 1.11. The molecule has 0 atom stereocenters. The lowest BCUT2D eigenvalue weighted by molar-refractivity contribution is 0.769. The van der Waals surface area contributed by atoms with Gasteiger partial charge < -0.3 is 0 Å². The van der Waals surface area contributed by atoms with Gasteiger partial charge in [-0.3, -0.25) is 4.98 Å². The minimum atomic E-state index is -0.636. The first-order chi connectivity index (χ1) is 29.2. The number of para-hydroxylation sites is 1. The quantitative estimate of drug-likeness (QED) is 0.163. The van der Waals surface area contributed by atoms with Crippen molar-refractivity contribution in [2.24, 2.45) is 0 Å². The summed E-state index contributed by atoms with van der Waals surface area (Å²) in [5.41, 5.74) is 14.9. The number of pyridine rings is 1. The second-order valence-electron chi connectivity index (χ2n) is 15.0. The van der Waals surface area contributed by atoms with Crippen molar-refractivity contribution in [1.82, 2.24) is 19.9 Å². The Morgan fingerprint density at radius 2 is 0.746 bits per heavy atom. The van der Waals surface area contributed by atoms with Gasteiger partial charge in [0.2, 0.25) is 0 Å². The smallest absolute Gasteiger partial charge is 0.164 e. The predicted molar refractivity (Wildman–Crippen MR) is 240 cm³/mol. The van der Waals surface area contributed by atoms with E-state index in [2.05, 4.69) is 182 Å². The Morgan fingerprint density at radius 1 is 0.305 bits per heavy atom. The highest BCUT2D eigenvalue weighted by Gasteiger charge is 2.46. The van der Waals surface area contributed by atoms with Gasteiger partial charge in [0.15, 0.2) is 17.5 Å². The molecular formula is C55H36N4. The third-order valence-corrected chi connectivity index (χ3v) is 11.7. The molecule has 10 aromatic rings. The molecule has 2 heterocycles. The van der Waals surface area contributed by atoms with Crippen LogP contribution in [0, 0.1) is 0 Å². The van der Waals surface area contributed by atoms with E-state index in [4.69, 9.17) is 19.9 Å². The van der Waals surface area contributed by atoms with Crippen LogP contribution in [-0.2, 0) is 5.41 Å². The normalized spacial score (nSPS) is 12.5. The number of hydrogen-bond acceptors (Lipinski definition) is 4. The predicted octanol–water partition coefficient (Wildman–Crippen LogP) is 13.1. The van der Waals surface area contributed by atoms with E-state index in [0.29, 0.717) is 17.5 Å². The van der Waals surface area contributed by atoms with Gasteiger partial charge in [-0.2, -0.15) is 0 Å². The SMILES string of the molecule is c1ccc(-c2ccc(-c3nc(-c4ccccc4)nc(-c4cccc(C5(c6cccc(-c7cccc8cccnc78)c6)c6ccccc6-c6ccccc65)c4)n3)cc2)cc1. The monoisotopic (exact) mass is 752 g/mol. The van der Waals surface area contributed by atoms with Crippen LogP contribution in [-0.4, -0.2) is 19.9 Å². The zero-order chi connectivity index (χ0) is 39.2. The van der Waals surface area contributed by atoms with E-state index in [9.17, 15) is 0 Å². The number of hydrogen-bond donors (Lipinski definition) is 0. The molecular weight excluding hydrogens is 717 g/mol. The molecule has 0 radical (unpaired) electrons. The zero-order valence-corrected chi connectivity index (χ0v) is 32.1. The topological polar surface area (TPSA) is 51.6 Å². The highest BCUT2D eigenvalue weighted by molar-refractivity contribution is 5.94. The molecule has 0 saturated heterocycles. The van der Waals surface area contributed by atoms with Crippen molar-refractivity contribution in [3.63, 3.8) is 0 Å². The Hall–Kier alpha value is -7.82. The summed E-state index contributed by atoms with van der Waals surface area (Å²) >= 11 is 0. The van der Waals surface area contributed by atoms with Crippen molar-refractivity contribution >= 4 is 10.9 Å². The third-order valence-electron chi connectivity index (χ3n) is 11.7. The van der Waals surface area contributed by atoms with Crippen molar-refractivity contribution in [3.8, 4) is 67.5 Å². The number of aromatic nitrogens is 4. The molecule has 4 nitrogen and oxygen atoms in total. The summed E-state index contributed by atoms with van der Waals surface area (Å²) in [7, 11) is 0. The zero-order valence-electron chi connectivity index (χ0n) is 32.1. The summed E-state index contributed by atoms with van der Waals surface area (Å²) in [5.74, 6) is 1.88. The highest BCUT2D eigenvalue weighted by atomic mass is 15.0. The summed E-state index contributed by atoms with van der Waals surface area (Å²) in [6, 6.07) is 75.2. The Bertz CT molecular complexity index is 3110. The van der Waals surface area contributed by atoms with Crippen LogP contribution in [0.5, 0.6) is 0 Å². The molecule has 59 heavy (non-hydrogen) atoms. The first kappa shape index (κ1) is 34.4. The molecule has 0 N–H and O–H groups in total. The van der Waals surface area contributed by atoms with Crippen LogP contribution in [0.2, 0.25) is 0 Å². The van der Waals surface area contributed by atoms with Crippen LogP contribution in [0.1, 0.15) is 22.3 Å². The lowest BCUT2D eigenvalue weighted by atomic mass is 9.67. The molecule has 276 valence electrons. The second kappa shape index (κ2) is 14.3. The van der Waals surface area contributed by atoms with Crippen LogP contribution in [0.3, 0.4) is 0 Å². The van der Waals surface area contributed by atoms with E-state index in [1.807, 2.05) is 36.5 Å². The lowest BCUT2D eigenvalue weighted by Gasteiger charge is -2.34. The fraction of sp³-hybridized carbons (Fsp3) is 0.0182. The number of fused-ring (bicyclic) bond motifs is 4. The van der Waals surface area contributed by atoms with Gasteiger partial charge in [0.05, 0.1) is 10.9 Å². The Morgan fingerprint density at radius 3 is 1.41 bits per heavy atom. The van der Waals surface area contributed by atoms with Crippen molar-refractivity contribution in [2.45, 2.75) is 5.41 Å². The Kier molecular flexibility index (Phi) is 8.34. The van der Waals surface area contributed by atoms with Crippen LogP contribution < -0.4 is 0 Å². The molecule has 1 aliphatic carbocycles. The van der Waals surface area contributed by atoms with Gasteiger partial charge in [0, 0.05) is 33.8 Å². The van der Waals surface area contributed by atoms with E-state index in [-0.39, 0.29) is 0 Å². The molecule has 0 fully saturated rings. The summed E-state index contributed by atoms with van der Waals surface area (Å²) in [5, 5.41) is 1.12. The summed E-state index contributed by atoms with van der Waals surface area (Å²) in [6.07, 6.45) is 1.88. The van der Waals surface area contributed by atoms with Gasteiger partial charge in [0.25, 0.3) is 0 Å². The van der Waals surface area contributed by atoms with E-state index in [0.717, 1.165) is 49.8 Å². The van der Waals surface area contributed by atoms with Crippen LogP contribution >= 0.6 is 0 Å². The molecule has 0 aliphatic heterocycles. The van der Waals surface area contributed by atoms with Crippen LogP contribution in [0.4, 0.5) is 0 Å². The standard InChI is InChI=1S/C55H36N4/c1-3-15-37(16-4-1)38-30-32-41(33-31-38)53-57-52(40-17-5-2-6-18-40)58-54(59-53)43-21-12-24-45(36-43)55(49-28-9-7-25-47(49)48-26-8-10-29-50(48)55)44-23-11-20-42(35-44)46-27-13-19-39-22-14-34-56-51(39)46/h1-36H. The number of rotatable bonds is 7. The first-order valence-electron chi connectivity index (χ1n) is 20.0. The van der Waals surface area contributed by atoms with E-state index in [1.54, 1.807) is 0 Å². The van der Waals surface area contributed by atoms with Crippen LogP contribution in [0.25, 0.3) is 78.4 Å². The fourth-order valence-electron chi connectivity index (χ4n) is 8.97. The lowest BCUT2D eigenvalue weighted by Crippen LogP contribution is -2.28. The molecule has 0 unspecified atom stereocenters. The molecule has 11 rings (SSSR count). The largest absolute Gasteiger partial charge is 0.256 e. The maximum atomic E-state index is 5.21. The van der Waals surface area contributed by atoms with Crippen molar-refractivity contribution in [2.75, 3.05) is 0 Å². The van der Waals surface area contributed by atoms with Crippen LogP contribution in [0.15, 0.2) is 219 Å². The van der Waals surface area contributed by atoms with E-state index < -0.39 is 5.41 Å². The van der Waals surface area contributed by atoms with Gasteiger partial charge in [-0.1, -0.05) is 194 Å². The average molecular weight is 753 g/mol. The molecule has 0 spiro atoms. The number of benzene rings is 8. The summed E-state index contributed by atoms with van der Waals surface area (Å²) in [4.78, 5) is 20.3. The van der Waals surface area contributed by atoms with E-state index >= 15 is 0 Å². The third kappa shape index (κ3) is 5.84. The minimum absolute atomic E-state index is 0.619. The fourth-order valence-corrected chi connectivity index (χ4v) is 8.97. The summed E-state index contributed by atoms with van der Waals surface area (Å²) < 4.78 is 0. The molecule has 2 aromatic heterocycles. The molecule has 0 saturated carbocycles. The summed E-state index contributed by atoms with van der Waals surface area (Å²) in [6.45, 7) is 0. The Labute approximate surface area is 343 Å². The molecule has 4 heteroatoms. The van der Waals surface area contributed by atoms with Gasteiger partial charge in [0.1, 0.15) is 0 Å². The minimum Gasteiger partial charge on any atom is -0.256 e. The maximum Gasteiger partial charge on any atom is 0.164 e. The second-order valence-corrected chi connectivity index (χ2v) is 15.0. The van der Waals surface area contributed by atoms with Gasteiger partial charge in [-0.15, -0.1) is 0 Å². The first-order valence-corrected chi connectivity index (χ1v) is 20.0. The molecule has 1 aliphatic rings. The molecule has 0 bridgehead atoms. The maximum absolute atomic E-state index is 5.21. The highest BCUT2D eigenvalue weighted by Crippen LogP contribution is 2.56. The van der Waals surface area contributed by atoms with E-state index in [1.165, 1.54) is 33.4 Å². The van der Waals surface area contributed by atoms with Crippen molar-refractivity contribution < 1.29 is 0 Å². The van der Waals surface area contributed by atoms with Crippen molar-refractivity contribution in [3.05, 3.63) is 241 Å². The van der Waals surface area contributed by atoms with Crippen molar-refractivity contribution in [1.29, 1.82) is 0 Å². The number of nitrogens with zero attached hydrogens (tertiary/aromatic N) is 4. The van der Waals surface area contributed by atoms with Gasteiger partial charge in [-0.25, -0.2) is 15.0 Å². The molecule has 0 amide bonds. The van der Waals surface area contributed by atoms with Gasteiger partial charge >= 0.3 is 0 Å². The molecule has 8 aromatic carbocycles.